The van der Waals surface area contributed by atoms with Gasteiger partial charge in [-0.1, -0.05) is 6.07 Å². The van der Waals surface area contributed by atoms with E-state index in [0.717, 1.165) is 29.9 Å². The Bertz CT molecular complexity index is 1010. The second-order valence-electron chi connectivity index (χ2n) is 7.24. The van der Waals surface area contributed by atoms with Gasteiger partial charge in [0.2, 0.25) is 0 Å². The second kappa shape index (κ2) is 8.34. The van der Waals surface area contributed by atoms with Gasteiger partial charge < -0.3 is 10.2 Å². The van der Waals surface area contributed by atoms with Gasteiger partial charge in [0.05, 0.1) is 6.20 Å². The average molecular weight is 391 g/mol. The predicted octanol–water partition coefficient (Wildman–Crippen LogP) is 4.08. The molecule has 1 N–H and O–H groups in total. The Morgan fingerprint density at radius 3 is 2.90 bits per heavy atom. The Labute approximate surface area is 168 Å². The lowest BCUT2D eigenvalue weighted by Crippen LogP contribution is -2.39. The van der Waals surface area contributed by atoms with Gasteiger partial charge >= 0.3 is 0 Å². The summed E-state index contributed by atoms with van der Waals surface area (Å²) in [6.45, 7) is 3.23. The minimum Gasteiger partial charge on any atom is -0.355 e. The summed E-state index contributed by atoms with van der Waals surface area (Å²) in [6, 6.07) is 10.3. The van der Waals surface area contributed by atoms with Crippen molar-refractivity contribution in [2.45, 2.75) is 25.7 Å². The van der Waals surface area contributed by atoms with Crippen LogP contribution in [0.25, 0.3) is 0 Å². The monoisotopic (exact) mass is 391 g/mol. The molecule has 7 heteroatoms. The standard InChI is InChI=1S/C22H22FN5O/c1-15-10-19(27-18-6-2-5-17(23)11-18)12-20(26-15)16-4-3-9-28(14-16)22(29)21-13-24-7-8-25-21/h2,5-8,10-13,16H,3-4,9,14H2,1H3,(H,26,27). The van der Waals surface area contributed by atoms with Crippen molar-refractivity contribution < 1.29 is 9.18 Å². The summed E-state index contributed by atoms with van der Waals surface area (Å²) in [5.41, 5.74) is 3.71. The van der Waals surface area contributed by atoms with E-state index < -0.39 is 0 Å². The van der Waals surface area contributed by atoms with Crippen molar-refractivity contribution >= 4 is 17.3 Å². The number of piperidine rings is 1. The zero-order valence-corrected chi connectivity index (χ0v) is 16.2. The fourth-order valence-corrected chi connectivity index (χ4v) is 3.68. The van der Waals surface area contributed by atoms with Gasteiger partial charge in [-0.15, -0.1) is 0 Å². The summed E-state index contributed by atoms with van der Waals surface area (Å²) in [4.78, 5) is 27.4. The van der Waals surface area contributed by atoms with Crippen molar-refractivity contribution in [2.75, 3.05) is 18.4 Å². The smallest absolute Gasteiger partial charge is 0.274 e. The number of aryl methyl sites for hydroxylation is 1. The van der Waals surface area contributed by atoms with Crippen LogP contribution >= 0.6 is 0 Å². The third kappa shape index (κ3) is 4.56. The normalized spacial score (nSPS) is 16.5. The van der Waals surface area contributed by atoms with Crippen molar-refractivity contribution in [2.24, 2.45) is 0 Å². The van der Waals surface area contributed by atoms with Gasteiger partial charge in [0, 0.05) is 54.2 Å². The Kier molecular flexibility index (Phi) is 5.46. The Hall–Kier alpha value is -3.35. The van der Waals surface area contributed by atoms with Crippen molar-refractivity contribution in [1.82, 2.24) is 19.9 Å². The minimum absolute atomic E-state index is 0.103. The number of nitrogens with zero attached hydrogens (tertiary/aromatic N) is 4. The van der Waals surface area contributed by atoms with Crippen LogP contribution in [0, 0.1) is 12.7 Å². The fraction of sp³-hybridized carbons (Fsp3) is 0.273. The predicted molar refractivity (Wildman–Crippen MR) is 109 cm³/mol. The van der Waals surface area contributed by atoms with Crippen LogP contribution in [0.5, 0.6) is 0 Å². The summed E-state index contributed by atoms with van der Waals surface area (Å²) in [5, 5.41) is 3.25. The Balaban J connectivity index is 1.53. The topological polar surface area (TPSA) is 71.0 Å². The molecule has 0 saturated carbocycles. The SMILES string of the molecule is Cc1cc(Nc2cccc(F)c2)cc(C2CCCN(C(=O)c3cnccn3)C2)n1. The van der Waals surface area contributed by atoms with Crippen molar-refractivity contribution in [1.29, 1.82) is 0 Å². The molecule has 0 spiro atoms. The van der Waals surface area contributed by atoms with E-state index in [4.69, 9.17) is 4.98 Å². The summed E-state index contributed by atoms with van der Waals surface area (Å²) in [7, 11) is 0. The quantitative estimate of drug-likeness (QED) is 0.726. The summed E-state index contributed by atoms with van der Waals surface area (Å²) >= 11 is 0. The van der Waals surface area contributed by atoms with Crippen LogP contribution in [0.1, 0.15) is 40.6 Å². The van der Waals surface area contributed by atoms with E-state index in [1.807, 2.05) is 30.0 Å². The molecule has 1 saturated heterocycles. The maximum Gasteiger partial charge on any atom is 0.274 e. The molecule has 1 aliphatic heterocycles. The third-order valence-electron chi connectivity index (χ3n) is 5.00. The third-order valence-corrected chi connectivity index (χ3v) is 5.00. The zero-order valence-electron chi connectivity index (χ0n) is 16.2. The average Bonchev–Trinajstić information content (AvgIpc) is 2.73. The number of rotatable bonds is 4. The van der Waals surface area contributed by atoms with Gasteiger partial charge in [-0.25, -0.2) is 9.37 Å². The first-order valence-electron chi connectivity index (χ1n) is 9.65. The van der Waals surface area contributed by atoms with Gasteiger partial charge in [-0.05, 0) is 50.1 Å². The number of benzene rings is 1. The molecule has 1 atom stereocenters. The highest BCUT2D eigenvalue weighted by molar-refractivity contribution is 5.92. The molecule has 0 radical (unpaired) electrons. The van der Waals surface area contributed by atoms with Crippen molar-refractivity contribution in [3.05, 3.63) is 77.9 Å². The molecule has 0 bridgehead atoms. The van der Waals surface area contributed by atoms with E-state index in [1.54, 1.807) is 12.3 Å². The number of aromatic nitrogens is 3. The highest BCUT2D eigenvalue weighted by Gasteiger charge is 2.27. The number of halogens is 1. The Morgan fingerprint density at radius 2 is 2.10 bits per heavy atom. The van der Waals surface area contributed by atoms with Gasteiger partial charge in [0.25, 0.3) is 5.91 Å². The number of nitrogens with one attached hydrogen (secondary N) is 1. The van der Waals surface area contributed by atoms with Crippen LogP contribution in [-0.4, -0.2) is 38.8 Å². The van der Waals surface area contributed by atoms with E-state index in [0.29, 0.717) is 24.5 Å². The molecule has 1 fully saturated rings. The molecule has 4 rings (SSSR count). The molecule has 29 heavy (non-hydrogen) atoms. The highest BCUT2D eigenvalue weighted by Crippen LogP contribution is 2.29. The number of likely N-dealkylation sites (tertiary alicyclic amines) is 1. The molecule has 2 aromatic heterocycles. The highest BCUT2D eigenvalue weighted by atomic mass is 19.1. The van der Waals surface area contributed by atoms with Crippen molar-refractivity contribution in [3.8, 4) is 0 Å². The molecule has 1 unspecified atom stereocenters. The lowest BCUT2D eigenvalue weighted by molar-refractivity contribution is 0.0699. The molecule has 3 aromatic rings. The largest absolute Gasteiger partial charge is 0.355 e. The van der Waals surface area contributed by atoms with E-state index in [-0.39, 0.29) is 17.6 Å². The van der Waals surface area contributed by atoms with Crippen LogP contribution in [-0.2, 0) is 0 Å². The summed E-state index contributed by atoms with van der Waals surface area (Å²) < 4.78 is 13.5. The molecule has 148 valence electrons. The first kappa shape index (κ1) is 19.0. The van der Waals surface area contributed by atoms with Crippen molar-refractivity contribution in [3.63, 3.8) is 0 Å². The molecule has 1 aromatic carbocycles. The molecular formula is C22H22FN5O. The van der Waals surface area contributed by atoms with Crippen LogP contribution in [0.4, 0.5) is 15.8 Å². The van der Waals surface area contributed by atoms with Crippen LogP contribution in [0.3, 0.4) is 0 Å². The zero-order chi connectivity index (χ0) is 20.2. The molecule has 1 amide bonds. The number of amides is 1. The molecule has 6 nitrogen and oxygen atoms in total. The first-order chi connectivity index (χ1) is 14.1. The molecule has 1 aliphatic rings. The van der Waals surface area contributed by atoms with E-state index in [1.165, 1.54) is 24.5 Å². The number of hydrogen-bond acceptors (Lipinski definition) is 5. The van der Waals surface area contributed by atoms with E-state index in [2.05, 4.69) is 15.3 Å². The van der Waals surface area contributed by atoms with E-state index in [9.17, 15) is 9.18 Å². The molecule has 0 aliphatic carbocycles. The number of carbonyl (C=O) groups excluding carboxylic acids is 1. The Morgan fingerprint density at radius 1 is 1.21 bits per heavy atom. The number of anilines is 2. The number of hydrogen-bond donors (Lipinski definition) is 1. The van der Waals surface area contributed by atoms with Gasteiger partial charge in [-0.3, -0.25) is 14.8 Å². The van der Waals surface area contributed by atoms with Crippen LogP contribution < -0.4 is 5.32 Å². The fourth-order valence-electron chi connectivity index (χ4n) is 3.68. The summed E-state index contributed by atoms with van der Waals surface area (Å²) in [6.07, 6.45) is 6.44. The molecular weight excluding hydrogens is 369 g/mol. The van der Waals surface area contributed by atoms with Gasteiger partial charge in [0.15, 0.2) is 0 Å². The lowest BCUT2D eigenvalue weighted by Gasteiger charge is -2.32. The first-order valence-corrected chi connectivity index (χ1v) is 9.65. The van der Waals surface area contributed by atoms with Crippen LogP contribution in [0.15, 0.2) is 55.0 Å². The van der Waals surface area contributed by atoms with E-state index >= 15 is 0 Å². The minimum atomic E-state index is -0.286. The van der Waals surface area contributed by atoms with Gasteiger partial charge in [0.1, 0.15) is 11.5 Å². The maximum atomic E-state index is 13.5. The maximum absolute atomic E-state index is 13.5. The van der Waals surface area contributed by atoms with Crippen LogP contribution in [0.2, 0.25) is 0 Å². The number of carbonyl (C=O) groups is 1. The lowest BCUT2D eigenvalue weighted by atomic mass is 9.93. The summed E-state index contributed by atoms with van der Waals surface area (Å²) in [5.74, 6) is -0.252. The molecule has 3 heterocycles. The van der Waals surface area contributed by atoms with Gasteiger partial charge in [-0.2, -0.15) is 0 Å². The number of pyridine rings is 1. The second-order valence-corrected chi connectivity index (χ2v) is 7.24.